The maximum Gasteiger partial charge on any atom is 0.305 e. The molecule has 0 radical (unpaired) electrons. The van der Waals surface area contributed by atoms with Crippen LogP contribution in [0.25, 0.3) is 0 Å². The summed E-state index contributed by atoms with van der Waals surface area (Å²) in [5.74, 6) is -0.146. The molecule has 1 aromatic rings. The van der Waals surface area contributed by atoms with Crippen molar-refractivity contribution >= 4 is 16.1 Å². The third kappa shape index (κ3) is 28.2. The van der Waals surface area contributed by atoms with Crippen molar-refractivity contribution in [3.8, 4) is 0 Å². The van der Waals surface area contributed by atoms with Crippen molar-refractivity contribution in [2.24, 2.45) is 0 Å². The van der Waals surface area contributed by atoms with Crippen LogP contribution in [0.2, 0.25) is 0 Å². The van der Waals surface area contributed by atoms with Crippen LogP contribution in [0.3, 0.4) is 0 Å². The molecule has 0 aliphatic rings. The lowest BCUT2D eigenvalue weighted by molar-refractivity contribution is -0.145. The minimum atomic E-state index is -3.77. The first-order valence-electron chi connectivity index (χ1n) is 17.6. The summed E-state index contributed by atoms with van der Waals surface area (Å²) in [6.45, 7) is 10.1. The van der Waals surface area contributed by atoms with Crippen LogP contribution in [0.15, 0.2) is 29.2 Å². The van der Waals surface area contributed by atoms with Gasteiger partial charge < -0.3 is 37.9 Å². The minimum Gasteiger partial charge on any atom is -0.463 e. The lowest BCUT2D eigenvalue weighted by Crippen LogP contribution is -2.15. The Morgan fingerprint density at radius 3 is 1.27 bits per heavy atom. The van der Waals surface area contributed by atoms with Crippen LogP contribution in [0.1, 0.15) is 76.7 Å². The number of hydrogen-bond donors (Lipinski definition) is 0. The van der Waals surface area contributed by atoms with Gasteiger partial charge in [-0.3, -0.25) is 8.98 Å². The molecule has 0 atom stereocenters. The molecule has 0 heterocycles. The van der Waals surface area contributed by atoms with Crippen LogP contribution in [0, 0.1) is 6.92 Å². The molecule has 0 aliphatic carbocycles. The molecule has 48 heavy (non-hydrogen) atoms. The summed E-state index contributed by atoms with van der Waals surface area (Å²) in [4.78, 5) is 11.9. The molecule has 280 valence electrons. The van der Waals surface area contributed by atoms with Crippen LogP contribution in [-0.2, 0) is 57.0 Å². The summed E-state index contributed by atoms with van der Waals surface area (Å²) in [6.07, 6.45) is 11.5. The van der Waals surface area contributed by atoms with Crippen LogP contribution in [0.5, 0.6) is 0 Å². The van der Waals surface area contributed by atoms with E-state index in [9.17, 15) is 13.2 Å². The number of esters is 1. The second kappa shape index (κ2) is 32.5. The van der Waals surface area contributed by atoms with E-state index >= 15 is 0 Å². The first-order valence-corrected chi connectivity index (χ1v) is 19.0. The maximum atomic E-state index is 12.1. The minimum absolute atomic E-state index is 0.0603. The highest BCUT2D eigenvalue weighted by atomic mass is 32.2. The predicted molar refractivity (Wildman–Crippen MR) is 183 cm³/mol. The molecule has 1 rings (SSSR count). The van der Waals surface area contributed by atoms with Gasteiger partial charge in [0.1, 0.15) is 6.61 Å². The smallest absolute Gasteiger partial charge is 0.305 e. The van der Waals surface area contributed by atoms with E-state index in [2.05, 4.69) is 6.92 Å². The Balaban J connectivity index is 1.71. The van der Waals surface area contributed by atoms with Gasteiger partial charge in [0, 0.05) is 6.42 Å². The third-order valence-corrected chi connectivity index (χ3v) is 8.31. The molecule has 0 saturated heterocycles. The average molecular weight is 707 g/mol. The Bertz CT molecular complexity index is 959. The van der Waals surface area contributed by atoms with Gasteiger partial charge >= 0.3 is 5.97 Å². The van der Waals surface area contributed by atoms with Crippen LogP contribution < -0.4 is 0 Å². The average Bonchev–Trinajstić information content (AvgIpc) is 3.07. The summed E-state index contributed by atoms with van der Waals surface area (Å²) in [7, 11) is -3.77. The van der Waals surface area contributed by atoms with Gasteiger partial charge in [0.25, 0.3) is 10.1 Å². The molecule has 12 nitrogen and oxygen atoms in total. The summed E-state index contributed by atoms with van der Waals surface area (Å²) in [5.41, 5.74) is 0.975. The lowest BCUT2D eigenvalue weighted by Gasteiger charge is -2.09. The predicted octanol–water partition coefficient (Wildman–Crippen LogP) is 5.28. The Labute approximate surface area is 289 Å². The summed E-state index contributed by atoms with van der Waals surface area (Å²) < 4.78 is 72.4. The van der Waals surface area contributed by atoms with Crippen molar-refractivity contribution in [2.75, 3.05) is 106 Å². The van der Waals surface area contributed by atoms with Gasteiger partial charge in [-0.2, -0.15) is 8.42 Å². The number of carbonyl (C=O) groups excluding carboxylic acids is 1. The molecule has 0 fully saturated rings. The molecule has 13 heteroatoms. The van der Waals surface area contributed by atoms with E-state index in [-0.39, 0.29) is 30.7 Å². The molecular weight excluding hydrogens is 644 g/mol. The zero-order valence-electron chi connectivity index (χ0n) is 29.5. The topological polar surface area (TPSA) is 134 Å². The normalized spacial score (nSPS) is 11.7. The monoisotopic (exact) mass is 706 g/mol. The number of hydrogen-bond acceptors (Lipinski definition) is 12. The van der Waals surface area contributed by atoms with Gasteiger partial charge in [-0.1, -0.05) is 76.0 Å². The van der Waals surface area contributed by atoms with Crippen LogP contribution in [-0.4, -0.2) is 120 Å². The van der Waals surface area contributed by atoms with Crippen molar-refractivity contribution in [2.45, 2.75) is 83.0 Å². The fraction of sp³-hybridized carbons (Fsp3) is 0.800. The number of rotatable bonds is 36. The van der Waals surface area contributed by atoms with E-state index in [0.717, 1.165) is 18.4 Å². The Kier molecular flexibility index (Phi) is 30.0. The number of aryl methyl sites for hydroxylation is 1. The van der Waals surface area contributed by atoms with Crippen LogP contribution in [0.4, 0.5) is 0 Å². The van der Waals surface area contributed by atoms with Gasteiger partial charge in [0.15, 0.2) is 0 Å². The van der Waals surface area contributed by atoms with Crippen molar-refractivity contribution in [1.82, 2.24) is 0 Å². The molecular formula is C35H62O12S. The third-order valence-electron chi connectivity index (χ3n) is 6.98. The lowest BCUT2D eigenvalue weighted by atomic mass is 10.1. The van der Waals surface area contributed by atoms with Gasteiger partial charge in [-0.15, -0.1) is 0 Å². The highest BCUT2D eigenvalue weighted by Gasteiger charge is 2.14. The Hall–Kier alpha value is -1.68. The van der Waals surface area contributed by atoms with Crippen molar-refractivity contribution in [3.63, 3.8) is 0 Å². The fourth-order valence-electron chi connectivity index (χ4n) is 4.26. The summed E-state index contributed by atoms with van der Waals surface area (Å²) in [5, 5.41) is 0. The van der Waals surface area contributed by atoms with Crippen LogP contribution >= 0.6 is 0 Å². The van der Waals surface area contributed by atoms with Crippen molar-refractivity contribution in [1.29, 1.82) is 0 Å². The largest absolute Gasteiger partial charge is 0.463 e. The number of ether oxygens (including phenoxy) is 8. The van der Waals surface area contributed by atoms with Gasteiger partial charge in [-0.25, -0.2) is 0 Å². The Morgan fingerprint density at radius 1 is 0.500 bits per heavy atom. The molecule has 0 bridgehead atoms. The van der Waals surface area contributed by atoms with E-state index < -0.39 is 10.1 Å². The highest BCUT2D eigenvalue weighted by Crippen LogP contribution is 2.13. The first kappa shape index (κ1) is 44.3. The van der Waals surface area contributed by atoms with Crippen molar-refractivity contribution in [3.05, 3.63) is 29.8 Å². The zero-order valence-corrected chi connectivity index (χ0v) is 30.3. The highest BCUT2D eigenvalue weighted by molar-refractivity contribution is 7.86. The molecule has 0 spiro atoms. The van der Waals surface area contributed by atoms with E-state index in [4.69, 9.17) is 42.1 Å². The fourth-order valence-corrected chi connectivity index (χ4v) is 5.16. The second-order valence-electron chi connectivity index (χ2n) is 11.2. The Morgan fingerprint density at radius 2 is 0.854 bits per heavy atom. The van der Waals surface area contributed by atoms with E-state index in [1.165, 1.54) is 57.1 Å². The van der Waals surface area contributed by atoms with Crippen molar-refractivity contribution < 1.29 is 55.3 Å². The molecule has 1 aromatic carbocycles. The SMILES string of the molecule is CCCCCCCCCCCC(=O)OCCOCCOCCOCCOCCOCCOCCOCCOS(=O)(=O)c1ccc(C)cc1. The standard InChI is InChI=1S/C35H62O12S/c1-3-4-5-6-7-8-9-10-11-12-35(36)46-31-29-44-27-25-42-23-21-40-19-17-39-18-20-41-22-24-43-26-28-45-30-32-47-48(37,38)34-15-13-33(2)14-16-34/h13-16H,3-12,17-32H2,1-2H3. The van der Waals surface area contributed by atoms with E-state index in [1.807, 2.05) is 6.92 Å². The van der Waals surface area contributed by atoms with Gasteiger partial charge in [0.2, 0.25) is 0 Å². The number of unbranched alkanes of at least 4 members (excludes halogenated alkanes) is 8. The van der Waals surface area contributed by atoms with E-state index in [1.54, 1.807) is 12.1 Å². The van der Waals surface area contributed by atoms with E-state index in [0.29, 0.717) is 92.3 Å². The molecule has 0 unspecified atom stereocenters. The zero-order chi connectivity index (χ0) is 34.8. The molecule has 0 amide bonds. The maximum absolute atomic E-state index is 12.1. The summed E-state index contributed by atoms with van der Waals surface area (Å²) in [6, 6.07) is 6.48. The molecule has 0 saturated carbocycles. The van der Waals surface area contributed by atoms with Gasteiger partial charge in [0.05, 0.1) is 104 Å². The molecule has 0 aliphatic heterocycles. The molecule has 0 N–H and O–H groups in total. The number of benzene rings is 1. The number of carbonyl (C=O) groups is 1. The quantitative estimate of drug-likeness (QED) is 0.0511. The molecule has 0 aromatic heterocycles. The summed E-state index contributed by atoms with van der Waals surface area (Å²) >= 11 is 0. The van der Waals surface area contributed by atoms with Gasteiger partial charge in [-0.05, 0) is 25.5 Å². The first-order chi connectivity index (χ1) is 23.5. The second-order valence-corrected chi connectivity index (χ2v) is 12.8.